The number of halogens is 1. The summed E-state index contributed by atoms with van der Waals surface area (Å²) < 4.78 is 0.964. The Morgan fingerprint density at radius 3 is 2.74 bits per heavy atom. The highest BCUT2D eigenvalue weighted by molar-refractivity contribution is 9.10. The van der Waals surface area contributed by atoms with Crippen LogP contribution in [0.25, 0.3) is 0 Å². The van der Waals surface area contributed by atoms with Gasteiger partial charge in [-0.05, 0) is 30.7 Å². The number of hydrogen-bond acceptors (Lipinski definition) is 3. The third-order valence-corrected chi connectivity index (χ3v) is 3.16. The molecule has 0 radical (unpaired) electrons. The molecule has 106 valence electrons. The van der Waals surface area contributed by atoms with Gasteiger partial charge in [0.2, 0.25) is 5.91 Å². The Balaban J connectivity index is 2.46. The molecule has 0 aliphatic rings. The summed E-state index contributed by atoms with van der Waals surface area (Å²) in [5, 5.41) is 2.90. The average molecular weight is 328 g/mol. The van der Waals surface area contributed by atoms with Gasteiger partial charge in [-0.2, -0.15) is 0 Å². The Morgan fingerprint density at radius 1 is 1.47 bits per heavy atom. The molecule has 1 aromatic carbocycles. The van der Waals surface area contributed by atoms with Crippen molar-refractivity contribution in [3.05, 3.63) is 28.2 Å². The van der Waals surface area contributed by atoms with E-state index >= 15 is 0 Å². The van der Waals surface area contributed by atoms with Crippen LogP contribution in [0.15, 0.2) is 22.7 Å². The zero-order valence-corrected chi connectivity index (χ0v) is 13.3. The van der Waals surface area contributed by atoms with Gasteiger partial charge in [-0.25, -0.2) is 0 Å². The van der Waals surface area contributed by atoms with Gasteiger partial charge in [0.25, 0.3) is 0 Å². The second-order valence-corrected chi connectivity index (χ2v) is 6.13. The molecule has 0 aliphatic carbocycles. The summed E-state index contributed by atoms with van der Waals surface area (Å²) in [6.07, 6.45) is 0. The molecule has 4 nitrogen and oxygen atoms in total. The Bertz CT molecular complexity index is 435. The summed E-state index contributed by atoms with van der Waals surface area (Å²) in [5.41, 5.74) is 7.71. The van der Waals surface area contributed by atoms with Gasteiger partial charge < -0.3 is 11.1 Å². The van der Waals surface area contributed by atoms with Gasteiger partial charge in [0.1, 0.15) is 0 Å². The van der Waals surface area contributed by atoms with Crippen LogP contribution in [-0.4, -0.2) is 30.9 Å². The number of amides is 1. The highest BCUT2D eigenvalue weighted by Crippen LogP contribution is 2.19. The number of carbonyl (C=O) groups is 1. The van der Waals surface area contributed by atoms with Crippen LogP contribution in [0.5, 0.6) is 0 Å². The molecule has 5 heteroatoms. The van der Waals surface area contributed by atoms with E-state index in [0.717, 1.165) is 15.7 Å². The van der Waals surface area contributed by atoms with Crippen LogP contribution in [0.4, 0.5) is 5.69 Å². The lowest BCUT2D eigenvalue weighted by molar-refractivity contribution is -0.122. The van der Waals surface area contributed by atoms with Crippen LogP contribution >= 0.6 is 15.9 Å². The number of rotatable bonds is 6. The van der Waals surface area contributed by atoms with Crippen molar-refractivity contribution in [3.8, 4) is 0 Å². The van der Waals surface area contributed by atoms with Crippen molar-refractivity contribution in [1.82, 2.24) is 10.2 Å². The molecule has 1 aromatic rings. The minimum atomic E-state index is 0.0480. The highest BCUT2D eigenvalue weighted by Gasteiger charge is 2.09. The van der Waals surface area contributed by atoms with Crippen molar-refractivity contribution in [2.75, 3.05) is 25.9 Å². The summed E-state index contributed by atoms with van der Waals surface area (Å²) in [7, 11) is 1.91. The van der Waals surface area contributed by atoms with Gasteiger partial charge in [0.15, 0.2) is 0 Å². The highest BCUT2D eigenvalue weighted by atomic mass is 79.9. The summed E-state index contributed by atoms with van der Waals surface area (Å²) in [6, 6.07) is 5.81. The van der Waals surface area contributed by atoms with E-state index in [9.17, 15) is 4.79 Å². The van der Waals surface area contributed by atoms with E-state index in [0.29, 0.717) is 25.6 Å². The maximum absolute atomic E-state index is 11.7. The van der Waals surface area contributed by atoms with E-state index in [1.54, 1.807) is 0 Å². The SMILES string of the molecule is CC(C)CNC(=O)CN(C)Cc1ccc(Br)cc1N. The molecular weight excluding hydrogens is 306 g/mol. The van der Waals surface area contributed by atoms with Gasteiger partial charge in [-0.15, -0.1) is 0 Å². The molecule has 19 heavy (non-hydrogen) atoms. The molecular formula is C14H22BrN3O. The maximum atomic E-state index is 11.7. The quantitative estimate of drug-likeness (QED) is 0.788. The molecule has 0 fully saturated rings. The molecule has 0 saturated heterocycles. The number of anilines is 1. The van der Waals surface area contributed by atoms with Gasteiger partial charge in [0.05, 0.1) is 6.54 Å². The van der Waals surface area contributed by atoms with Crippen molar-refractivity contribution in [2.24, 2.45) is 5.92 Å². The minimum absolute atomic E-state index is 0.0480. The topological polar surface area (TPSA) is 58.4 Å². The van der Waals surface area contributed by atoms with Crippen LogP contribution in [0.3, 0.4) is 0 Å². The fourth-order valence-electron chi connectivity index (χ4n) is 1.68. The number of nitrogen functional groups attached to an aromatic ring is 1. The van der Waals surface area contributed by atoms with Crippen LogP contribution in [0.2, 0.25) is 0 Å². The third kappa shape index (κ3) is 6.07. The molecule has 0 unspecified atom stereocenters. The first-order valence-electron chi connectivity index (χ1n) is 6.37. The van der Waals surface area contributed by atoms with E-state index < -0.39 is 0 Å². The van der Waals surface area contributed by atoms with Gasteiger partial charge in [-0.1, -0.05) is 35.8 Å². The van der Waals surface area contributed by atoms with Crippen molar-refractivity contribution in [1.29, 1.82) is 0 Å². The van der Waals surface area contributed by atoms with Gasteiger partial charge >= 0.3 is 0 Å². The molecule has 0 aliphatic heterocycles. The summed E-state index contributed by atoms with van der Waals surface area (Å²) in [5.74, 6) is 0.517. The zero-order chi connectivity index (χ0) is 14.4. The first-order chi connectivity index (χ1) is 8.88. The Labute approximate surface area is 123 Å². The molecule has 0 saturated carbocycles. The monoisotopic (exact) mass is 327 g/mol. The smallest absolute Gasteiger partial charge is 0.234 e. The van der Waals surface area contributed by atoms with Crippen LogP contribution < -0.4 is 11.1 Å². The normalized spacial score (nSPS) is 11.1. The second kappa shape index (κ2) is 7.50. The van der Waals surface area contributed by atoms with Crippen molar-refractivity contribution < 1.29 is 4.79 Å². The predicted molar refractivity (Wildman–Crippen MR) is 82.7 cm³/mol. The van der Waals surface area contributed by atoms with Gasteiger partial charge in [0, 0.05) is 23.2 Å². The Morgan fingerprint density at radius 2 is 2.16 bits per heavy atom. The van der Waals surface area contributed by atoms with Crippen LogP contribution in [0, 0.1) is 5.92 Å². The summed E-state index contributed by atoms with van der Waals surface area (Å²) in [6.45, 7) is 5.91. The maximum Gasteiger partial charge on any atom is 0.234 e. The second-order valence-electron chi connectivity index (χ2n) is 5.21. The molecule has 0 heterocycles. The minimum Gasteiger partial charge on any atom is -0.398 e. The first-order valence-corrected chi connectivity index (χ1v) is 7.17. The number of benzene rings is 1. The van der Waals surface area contributed by atoms with E-state index in [-0.39, 0.29) is 5.91 Å². The predicted octanol–water partition coefficient (Wildman–Crippen LogP) is 2.24. The summed E-state index contributed by atoms with van der Waals surface area (Å²) in [4.78, 5) is 13.6. The van der Waals surface area contributed by atoms with E-state index in [1.165, 1.54) is 0 Å². The lowest BCUT2D eigenvalue weighted by atomic mass is 10.1. The number of nitrogens with zero attached hydrogens (tertiary/aromatic N) is 1. The zero-order valence-electron chi connectivity index (χ0n) is 11.7. The summed E-state index contributed by atoms with van der Waals surface area (Å²) >= 11 is 3.38. The number of likely N-dealkylation sites (N-methyl/N-ethyl adjacent to an activating group) is 1. The number of carbonyl (C=O) groups excluding carboxylic acids is 1. The molecule has 1 amide bonds. The molecule has 0 atom stereocenters. The number of nitrogens with one attached hydrogen (secondary N) is 1. The fraction of sp³-hybridized carbons (Fsp3) is 0.500. The third-order valence-electron chi connectivity index (χ3n) is 2.67. The van der Waals surface area contributed by atoms with Crippen molar-refractivity contribution in [2.45, 2.75) is 20.4 Å². The number of nitrogens with two attached hydrogens (primary N) is 1. The Hall–Kier alpha value is -1.07. The molecule has 0 bridgehead atoms. The van der Waals surface area contributed by atoms with E-state index in [1.807, 2.05) is 30.1 Å². The fourth-order valence-corrected chi connectivity index (χ4v) is 2.05. The Kier molecular flexibility index (Phi) is 6.31. The molecule has 0 spiro atoms. The van der Waals surface area contributed by atoms with Gasteiger partial charge in [-0.3, -0.25) is 9.69 Å². The lowest BCUT2D eigenvalue weighted by Crippen LogP contribution is -2.36. The molecule has 3 N–H and O–H groups in total. The molecule has 0 aromatic heterocycles. The molecule has 1 rings (SSSR count). The standard InChI is InChI=1S/C14H22BrN3O/c1-10(2)7-17-14(19)9-18(3)8-11-4-5-12(15)6-13(11)16/h4-6,10H,7-9,16H2,1-3H3,(H,17,19). The largest absolute Gasteiger partial charge is 0.398 e. The van der Waals surface area contributed by atoms with Crippen molar-refractivity contribution in [3.63, 3.8) is 0 Å². The van der Waals surface area contributed by atoms with Crippen LogP contribution in [0.1, 0.15) is 19.4 Å². The van der Waals surface area contributed by atoms with E-state index in [2.05, 4.69) is 35.1 Å². The van der Waals surface area contributed by atoms with Crippen LogP contribution in [-0.2, 0) is 11.3 Å². The average Bonchev–Trinajstić information content (AvgIpc) is 2.30. The first kappa shape index (κ1) is 16.0. The van der Waals surface area contributed by atoms with Crippen molar-refractivity contribution >= 4 is 27.5 Å². The van der Waals surface area contributed by atoms with E-state index in [4.69, 9.17) is 5.73 Å². The number of hydrogen-bond donors (Lipinski definition) is 2. The lowest BCUT2D eigenvalue weighted by Gasteiger charge is -2.18.